The zero-order valence-corrected chi connectivity index (χ0v) is 12.8. The second-order valence-electron chi connectivity index (χ2n) is 4.47. The van der Waals surface area contributed by atoms with E-state index in [0.29, 0.717) is 0 Å². The molecule has 0 spiro atoms. The van der Waals surface area contributed by atoms with Crippen molar-refractivity contribution in [3.63, 3.8) is 0 Å². The summed E-state index contributed by atoms with van der Waals surface area (Å²) in [6, 6.07) is 32.5. The summed E-state index contributed by atoms with van der Waals surface area (Å²) in [6.07, 6.45) is 0. The van der Waals surface area contributed by atoms with Gasteiger partial charge in [-0.1, -0.05) is 54.6 Å². The molecule has 0 nitrogen and oxygen atoms in total. The van der Waals surface area contributed by atoms with Gasteiger partial charge in [0, 0.05) is 0 Å². The normalized spacial score (nSPS) is 9.60. The van der Waals surface area contributed by atoms with Crippen LogP contribution in [0.25, 0.3) is 0 Å². The molecule has 0 heterocycles. The fourth-order valence-electron chi connectivity index (χ4n) is 2.31. The van der Waals surface area contributed by atoms with Gasteiger partial charge in [-0.2, -0.15) is 0 Å². The minimum absolute atomic E-state index is 0. The fourth-order valence-corrected chi connectivity index (χ4v) is 4.89. The van der Waals surface area contributed by atoms with Crippen LogP contribution >= 0.6 is 0 Å². The highest BCUT2D eigenvalue weighted by Crippen LogP contribution is 1.95. The quantitative estimate of drug-likeness (QED) is 0.439. The minimum Gasteiger partial charge on any atom is -1.00 e. The number of benzene rings is 3. The van der Waals surface area contributed by atoms with E-state index >= 15 is 0 Å². The van der Waals surface area contributed by atoms with E-state index in [1.807, 2.05) is 0 Å². The van der Waals surface area contributed by atoms with Gasteiger partial charge in [0.2, 0.25) is 0 Å². The van der Waals surface area contributed by atoms with E-state index in [1.165, 1.54) is 15.6 Å². The molecular formula is C18H15ClSi. The van der Waals surface area contributed by atoms with Gasteiger partial charge in [-0.15, -0.1) is 0 Å². The molecule has 0 aliphatic heterocycles. The number of hydrogen-bond acceptors (Lipinski definition) is 0. The van der Waals surface area contributed by atoms with Crippen LogP contribution in [0.5, 0.6) is 0 Å². The van der Waals surface area contributed by atoms with E-state index in [0.717, 1.165) is 0 Å². The topological polar surface area (TPSA) is 0 Å². The second-order valence-corrected chi connectivity index (χ2v) is 6.96. The lowest BCUT2D eigenvalue weighted by Crippen LogP contribution is -3.00. The first-order chi connectivity index (χ1) is 9.45. The lowest BCUT2D eigenvalue weighted by molar-refractivity contribution is -0.00000359. The largest absolute Gasteiger partial charge is 1.00 e. The third-order valence-electron chi connectivity index (χ3n) is 3.19. The Labute approximate surface area is 128 Å². The molecule has 98 valence electrons. The molecule has 2 heteroatoms. The number of halogens is 1. The third-order valence-corrected chi connectivity index (χ3v) is 5.92. The summed E-state index contributed by atoms with van der Waals surface area (Å²) in [5, 5.41) is 4.31. The van der Waals surface area contributed by atoms with Crippen molar-refractivity contribution >= 4 is 24.4 Å². The summed E-state index contributed by atoms with van der Waals surface area (Å²) in [7, 11) is -0.877. The standard InChI is InChI=1S/C18H15Si.ClH/c1-4-10-16(11-5-1)19(17-12-6-2-7-13-17)18-14-8-3-9-15-18;/h1-15H;1H/q+1;/p-1. The van der Waals surface area contributed by atoms with E-state index in [-0.39, 0.29) is 12.4 Å². The van der Waals surface area contributed by atoms with Gasteiger partial charge in [-0.25, -0.2) is 0 Å². The van der Waals surface area contributed by atoms with E-state index in [9.17, 15) is 0 Å². The van der Waals surface area contributed by atoms with Gasteiger partial charge >= 0.3 is 8.80 Å². The molecule has 0 aliphatic rings. The van der Waals surface area contributed by atoms with Crippen molar-refractivity contribution in [3.05, 3.63) is 91.0 Å². The number of hydrogen-bond donors (Lipinski definition) is 0. The molecule has 0 saturated carbocycles. The van der Waals surface area contributed by atoms with Gasteiger partial charge in [0.1, 0.15) is 15.6 Å². The Morgan fingerprint density at radius 2 is 0.650 bits per heavy atom. The van der Waals surface area contributed by atoms with Gasteiger partial charge in [-0.3, -0.25) is 0 Å². The van der Waals surface area contributed by atoms with E-state index < -0.39 is 8.80 Å². The molecule has 0 atom stereocenters. The summed E-state index contributed by atoms with van der Waals surface area (Å²) in [4.78, 5) is 0. The molecule has 0 saturated heterocycles. The van der Waals surface area contributed by atoms with E-state index in [1.54, 1.807) is 0 Å². The lowest BCUT2D eigenvalue weighted by atomic mass is 10.3. The fraction of sp³-hybridized carbons (Fsp3) is 0. The van der Waals surface area contributed by atoms with Crippen LogP contribution in [0.4, 0.5) is 0 Å². The van der Waals surface area contributed by atoms with Crippen LogP contribution in [0.15, 0.2) is 91.0 Å². The van der Waals surface area contributed by atoms with Crippen molar-refractivity contribution in [2.75, 3.05) is 0 Å². The Balaban J connectivity index is 0.00000147. The van der Waals surface area contributed by atoms with Crippen molar-refractivity contribution in [3.8, 4) is 0 Å². The Kier molecular flexibility index (Phi) is 5.16. The smallest absolute Gasteiger partial charge is 0.428 e. The first kappa shape index (κ1) is 14.6. The van der Waals surface area contributed by atoms with Crippen molar-refractivity contribution in [1.82, 2.24) is 0 Å². The average Bonchev–Trinajstić information content (AvgIpc) is 2.51. The van der Waals surface area contributed by atoms with Gasteiger partial charge in [0.05, 0.1) is 0 Å². The molecule has 0 bridgehead atoms. The predicted molar refractivity (Wildman–Crippen MR) is 84.0 cm³/mol. The maximum atomic E-state index is 2.24. The molecule has 0 N–H and O–H groups in total. The third kappa shape index (κ3) is 3.19. The molecule has 0 unspecified atom stereocenters. The number of rotatable bonds is 3. The Morgan fingerprint density at radius 1 is 0.400 bits per heavy atom. The van der Waals surface area contributed by atoms with Crippen LogP contribution in [0, 0.1) is 0 Å². The first-order valence-electron chi connectivity index (χ1n) is 6.48. The molecule has 0 amide bonds. The van der Waals surface area contributed by atoms with E-state index in [4.69, 9.17) is 0 Å². The van der Waals surface area contributed by atoms with Crippen molar-refractivity contribution in [2.45, 2.75) is 0 Å². The molecule has 3 rings (SSSR count). The predicted octanol–water partition coefficient (Wildman–Crippen LogP) is -0.793. The SMILES string of the molecule is [Cl-].c1ccc([Si+](c2ccccc2)c2ccccc2)cc1. The Hall–Kier alpha value is -1.83. The highest BCUT2D eigenvalue weighted by atomic mass is 35.5. The van der Waals surface area contributed by atoms with Gasteiger partial charge in [-0.05, 0) is 36.4 Å². The molecule has 3 aromatic rings. The van der Waals surface area contributed by atoms with Crippen molar-refractivity contribution in [2.24, 2.45) is 0 Å². The highest BCUT2D eigenvalue weighted by Gasteiger charge is 2.35. The van der Waals surface area contributed by atoms with Crippen LogP contribution in [-0.4, -0.2) is 8.80 Å². The molecule has 20 heavy (non-hydrogen) atoms. The zero-order valence-electron chi connectivity index (χ0n) is 11.0. The van der Waals surface area contributed by atoms with Crippen LogP contribution in [0.2, 0.25) is 0 Å². The van der Waals surface area contributed by atoms with Crippen LogP contribution in [0.3, 0.4) is 0 Å². The summed E-state index contributed by atoms with van der Waals surface area (Å²) in [5.74, 6) is 0. The molecule has 0 aromatic heterocycles. The summed E-state index contributed by atoms with van der Waals surface area (Å²) in [5.41, 5.74) is 0. The van der Waals surface area contributed by atoms with Gasteiger partial charge in [0.25, 0.3) is 0 Å². The minimum atomic E-state index is -0.877. The van der Waals surface area contributed by atoms with Crippen LogP contribution < -0.4 is 28.0 Å². The summed E-state index contributed by atoms with van der Waals surface area (Å²) >= 11 is 0. The monoisotopic (exact) mass is 294 g/mol. The maximum absolute atomic E-state index is 2.24. The van der Waals surface area contributed by atoms with E-state index in [2.05, 4.69) is 91.0 Å². The molecule has 0 radical (unpaired) electrons. The summed E-state index contributed by atoms with van der Waals surface area (Å²) in [6.45, 7) is 0. The Bertz CT molecular complexity index is 529. The summed E-state index contributed by atoms with van der Waals surface area (Å²) < 4.78 is 0. The zero-order chi connectivity index (χ0) is 12.9. The van der Waals surface area contributed by atoms with Gasteiger partial charge in [0.15, 0.2) is 0 Å². The van der Waals surface area contributed by atoms with Gasteiger partial charge < -0.3 is 12.4 Å². The van der Waals surface area contributed by atoms with Crippen molar-refractivity contribution < 1.29 is 12.4 Å². The van der Waals surface area contributed by atoms with Crippen LogP contribution in [-0.2, 0) is 0 Å². The second kappa shape index (κ2) is 7.08. The lowest BCUT2D eigenvalue weighted by Gasteiger charge is -2.02. The van der Waals surface area contributed by atoms with Crippen LogP contribution in [0.1, 0.15) is 0 Å². The molecule has 3 aromatic carbocycles. The molecular weight excluding hydrogens is 280 g/mol. The maximum Gasteiger partial charge on any atom is 0.428 e. The first-order valence-corrected chi connectivity index (χ1v) is 7.98. The molecule has 0 aliphatic carbocycles. The molecule has 0 fully saturated rings. The average molecular weight is 295 g/mol. The Morgan fingerprint density at radius 3 is 0.900 bits per heavy atom. The highest BCUT2D eigenvalue weighted by molar-refractivity contribution is 6.95. The van der Waals surface area contributed by atoms with Crippen molar-refractivity contribution in [1.29, 1.82) is 0 Å².